The van der Waals surface area contributed by atoms with Gasteiger partial charge < -0.3 is 14.4 Å². The number of carbonyl (C=O) groups is 4. The van der Waals surface area contributed by atoms with Gasteiger partial charge in [-0.2, -0.15) is 0 Å². The zero-order valence-corrected chi connectivity index (χ0v) is 16.9. The van der Waals surface area contributed by atoms with E-state index < -0.39 is 35.4 Å². The Morgan fingerprint density at radius 2 is 1.72 bits per heavy atom. The Bertz CT molecular complexity index is 500. The fraction of sp³-hybridized carbons (Fsp3) is 0.765. The third-order valence-corrected chi connectivity index (χ3v) is 4.27. The van der Waals surface area contributed by atoms with E-state index in [1.165, 1.54) is 18.9 Å². The van der Waals surface area contributed by atoms with Crippen LogP contribution in [0.4, 0.5) is 0 Å². The summed E-state index contributed by atoms with van der Waals surface area (Å²) in [5.41, 5.74) is -0.700. The fourth-order valence-corrected chi connectivity index (χ4v) is 2.73. The van der Waals surface area contributed by atoms with E-state index in [0.29, 0.717) is 6.42 Å². The van der Waals surface area contributed by atoms with Gasteiger partial charge in [-0.1, -0.05) is 25.6 Å². The summed E-state index contributed by atoms with van der Waals surface area (Å²) in [6.45, 7) is 9.63. The molecular formula is C17H29NO6S. The molecule has 0 aromatic heterocycles. The molecule has 1 unspecified atom stereocenters. The molecular weight excluding hydrogens is 346 g/mol. The van der Waals surface area contributed by atoms with Gasteiger partial charge in [0, 0.05) is 18.6 Å². The highest BCUT2D eigenvalue weighted by molar-refractivity contribution is 8.13. The molecule has 0 aliphatic rings. The summed E-state index contributed by atoms with van der Waals surface area (Å²) in [6.07, 6.45) is 0.299. The third kappa shape index (κ3) is 8.90. The molecule has 0 aromatic carbocycles. The Hall–Kier alpha value is -1.57. The lowest BCUT2D eigenvalue weighted by Gasteiger charge is -2.31. The van der Waals surface area contributed by atoms with Gasteiger partial charge in [0.15, 0.2) is 5.12 Å². The van der Waals surface area contributed by atoms with Crippen LogP contribution in [0.5, 0.6) is 0 Å². The minimum Gasteiger partial charge on any atom is -0.467 e. The summed E-state index contributed by atoms with van der Waals surface area (Å²) in [4.78, 5) is 49.2. The smallest absolute Gasteiger partial charge is 0.328 e. The normalized spacial score (nSPS) is 13.6. The van der Waals surface area contributed by atoms with Crippen LogP contribution in [0.3, 0.4) is 0 Å². The van der Waals surface area contributed by atoms with Crippen molar-refractivity contribution >= 4 is 34.7 Å². The Kier molecular flexibility index (Phi) is 9.77. The number of carbonyl (C=O) groups excluding carboxylic acids is 4. The number of hydrogen-bond donors (Lipinski definition) is 0. The molecule has 0 aliphatic heterocycles. The molecule has 0 spiro atoms. The number of methoxy groups -OCH3 is 1. The van der Waals surface area contributed by atoms with E-state index in [0.717, 1.165) is 11.8 Å². The molecule has 0 saturated heterocycles. The van der Waals surface area contributed by atoms with Crippen molar-refractivity contribution in [2.75, 3.05) is 19.4 Å². The van der Waals surface area contributed by atoms with Crippen LogP contribution in [0.25, 0.3) is 0 Å². The van der Waals surface area contributed by atoms with Gasteiger partial charge in [0.1, 0.15) is 18.2 Å². The number of hydrogen-bond acceptors (Lipinski definition) is 7. The Morgan fingerprint density at radius 1 is 1.16 bits per heavy atom. The van der Waals surface area contributed by atoms with Gasteiger partial charge in [0.05, 0.1) is 7.11 Å². The minimum atomic E-state index is -0.880. The lowest BCUT2D eigenvalue weighted by atomic mass is 10.1. The lowest BCUT2D eigenvalue weighted by molar-refractivity contribution is -0.164. The van der Waals surface area contributed by atoms with Crippen molar-refractivity contribution in [3.8, 4) is 0 Å². The van der Waals surface area contributed by atoms with Crippen LogP contribution in [-0.2, 0) is 28.7 Å². The number of amides is 1. The van der Waals surface area contributed by atoms with Gasteiger partial charge in [0.25, 0.3) is 0 Å². The highest BCUT2D eigenvalue weighted by Gasteiger charge is 2.34. The van der Waals surface area contributed by atoms with Gasteiger partial charge in [-0.05, 0) is 27.2 Å². The zero-order chi connectivity index (χ0) is 19.8. The van der Waals surface area contributed by atoms with Crippen LogP contribution in [0.15, 0.2) is 0 Å². The van der Waals surface area contributed by atoms with Crippen molar-refractivity contribution in [2.24, 2.45) is 5.92 Å². The van der Waals surface area contributed by atoms with E-state index >= 15 is 0 Å². The number of esters is 2. The summed E-state index contributed by atoms with van der Waals surface area (Å²) in [5.74, 6) is -1.84. The largest absolute Gasteiger partial charge is 0.467 e. The molecule has 144 valence electrons. The number of nitrogens with zero attached hydrogens (tertiary/aromatic N) is 1. The molecule has 0 aromatic rings. The first-order valence-corrected chi connectivity index (χ1v) is 9.15. The lowest BCUT2D eigenvalue weighted by Crippen LogP contribution is -2.50. The van der Waals surface area contributed by atoms with E-state index in [2.05, 4.69) is 0 Å². The van der Waals surface area contributed by atoms with Crippen molar-refractivity contribution < 1.29 is 28.7 Å². The first-order valence-electron chi connectivity index (χ1n) is 8.16. The van der Waals surface area contributed by atoms with Crippen LogP contribution in [0, 0.1) is 5.92 Å². The maximum Gasteiger partial charge on any atom is 0.328 e. The molecule has 0 saturated carbocycles. The molecule has 7 nitrogen and oxygen atoms in total. The van der Waals surface area contributed by atoms with E-state index in [4.69, 9.17) is 9.47 Å². The first-order chi connectivity index (χ1) is 11.4. The summed E-state index contributed by atoms with van der Waals surface area (Å²) < 4.78 is 10.0. The first kappa shape index (κ1) is 23.4. The monoisotopic (exact) mass is 375 g/mol. The van der Waals surface area contributed by atoms with Crippen molar-refractivity contribution in [2.45, 2.75) is 59.6 Å². The second-order valence-electron chi connectivity index (χ2n) is 6.70. The third-order valence-electron chi connectivity index (χ3n) is 3.20. The fourth-order valence-electron chi connectivity index (χ4n) is 2.10. The SMILES string of the molecule is CC[C@H](C(=O)OC)N(CC(=O)OC(C)(C)C)C(=O)C(C)CSC(C)=O. The molecule has 25 heavy (non-hydrogen) atoms. The number of thioether (sulfide) groups is 1. The predicted molar refractivity (Wildman–Crippen MR) is 96.0 cm³/mol. The highest BCUT2D eigenvalue weighted by atomic mass is 32.2. The molecule has 0 rings (SSSR count). The number of ether oxygens (including phenoxy) is 2. The highest BCUT2D eigenvalue weighted by Crippen LogP contribution is 2.17. The summed E-state index contributed by atoms with van der Waals surface area (Å²) in [7, 11) is 1.23. The topological polar surface area (TPSA) is 90.0 Å². The van der Waals surface area contributed by atoms with Gasteiger partial charge in [0.2, 0.25) is 5.91 Å². The molecule has 0 N–H and O–H groups in total. The Labute approximate surface area is 153 Å². The zero-order valence-electron chi connectivity index (χ0n) is 16.1. The maximum atomic E-state index is 12.8. The molecule has 0 radical (unpaired) electrons. The molecule has 8 heteroatoms. The standard InChI is InChI=1S/C17H29NO6S/c1-8-13(16(22)23-7)18(9-14(20)24-17(4,5)6)15(21)11(2)10-25-12(3)19/h11,13H,8-10H2,1-7H3/t11?,13-/m1/s1. The molecule has 2 atom stereocenters. The van der Waals surface area contributed by atoms with Crippen LogP contribution in [-0.4, -0.2) is 58.9 Å². The Balaban J connectivity index is 5.36. The van der Waals surface area contributed by atoms with Gasteiger partial charge in [-0.15, -0.1) is 0 Å². The average Bonchev–Trinajstić information content (AvgIpc) is 2.49. The van der Waals surface area contributed by atoms with Crippen molar-refractivity contribution in [1.82, 2.24) is 4.90 Å². The Morgan fingerprint density at radius 3 is 2.12 bits per heavy atom. The second-order valence-corrected chi connectivity index (χ2v) is 7.90. The van der Waals surface area contributed by atoms with Crippen LogP contribution in [0.1, 0.15) is 48.0 Å². The van der Waals surface area contributed by atoms with Crippen LogP contribution >= 0.6 is 11.8 Å². The van der Waals surface area contributed by atoms with Crippen LogP contribution in [0.2, 0.25) is 0 Å². The molecule has 0 aliphatic carbocycles. The van der Waals surface area contributed by atoms with Gasteiger partial charge in [-0.3, -0.25) is 14.4 Å². The van der Waals surface area contributed by atoms with E-state index in [1.807, 2.05) is 0 Å². The quantitative estimate of drug-likeness (QED) is 0.600. The van der Waals surface area contributed by atoms with Crippen molar-refractivity contribution in [3.05, 3.63) is 0 Å². The van der Waals surface area contributed by atoms with Gasteiger partial charge >= 0.3 is 11.9 Å². The number of rotatable bonds is 8. The van der Waals surface area contributed by atoms with Gasteiger partial charge in [-0.25, -0.2) is 4.79 Å². The van der Waals surface area contributed by atoms with E-state index in [-0.39, 0.29) is 17.4 Å². The summed E-state index contributed by atoms with van der Waals surface area (Å²) in [5, 5.41) is -0.0987. The summed E-state index contributed by atoms with van der Waals surface area (Å²) in [6, 6.07) is -0.880. The molecule has 0 heterocycles. The van der Waals surface area contributed by atoms with E-state index in [9.17, 15) is 19.2 Å². The molecule has 1 amide bonds. The summed E-state index contributed by atoms with van der Waals surface area (Å²) >= 11 is 1.03. The van der Waals surface area contributed by atoms with E-state index in [1.54, 1.807) is 34.6 Å². The van der Waals surface area contributed by atoms with Crippen LogP contribution < -0.4 is 0 Å². The predicted octanol–water partition coefficient (Wildman–Crippen LogP) is 2.02. The van der Waals surface area contributed by atoms with Crippen molar-refractivity contribution in [3.63, 3.8) is 0 Å². The molecule has 0 bridgehead atoms. The average molecular weight is 375 g/mol. The molecule has 0 fully saturated rings. The minimum absolute atomic E-state index is 0.0987. The second kappa shape index (κ2) is 10.4. The maximum absolute atomic E-state index is 12.8. The van der Waals surface area contributed by atoms with Crippen molar-refractivity contribution in [1.29, 1.82) is 0 Å².